The Balaban J connectivity index is 1.45. The van der Waals surface area contributed by atoms with E-state index in [4.69, 9.17) is 10.3 Å². The van der Waals surface area contributed by atoms with E-state index in [-0.39, 0.29) is 23.7 Å². The molecule has 1 aliphatic carbocycles. The second-order valence-corrected chi connectivity index (χ2v) is 10.5. The molecule has 0 bridgehead atoms. The molecule has 0 spiro atoms. The summed E-state index contributed by atoms with van der Waals surface area (Å²) in [6.07, 6.45) is 4.31. The molecule has 168 valence electrons. The standard InChI is InChI=1S/C22H30N4O4S/c23-10-4-12-31(28,29)26-11-9-18(14-19(26)13-16-5-2-1-3-6-16)24-22(27)20-15-21(30-25-20)17-7-8-17/h1-3,5-6,15,17-19H,4,7-14,23H2,(H,24,27)/t18-,19-/m0/s1. The van der Waals surface area contributed by atoms with Crippen molar-refractivity contribution in [3.05, 3.63) is 53.4 Å². The molecular weight excluding hydrogens is 416 g/mol. The predicted molar refractivity (Wildman–Crippen MR) is 117 cm³/mol. The number of carbonyl (C=O) groups is 1. The van der Waals surface area contributed by atoms with Crippen LogP contribution in [0, 0.1) is 0 Å². The van der Waals surface area contributed by atoms with Crippen LogP contribution in [0.1, 0.15) is 59.8 Å². The maximum Gasteiger partial charge on any atom is 0.273 e. The first-order valence-electron chi connectivity index (χ1n) is 11.0. The van der Waals surface area contributed by atoms with Crippen molar-refractivity contribution in [2.24, 2.45) is 5.73 Å². The van der Waals surface area contributed by atoms with Gasteiger partial charge in [-0.15, -0.1) is 0 Å². The molecule has 31 heavy (non-hydrogen) atoms. The normalized spacial score (nSPS) is 22.4. The number of carbonyl (C=O) groups excluding carboxylic acids is 1. The van der Waals surface area contributed by atoms with Crippen LogP contribution in [0.25, 0.3) is 0 Å². The van der Waals surface area contributed by atoms with E-state index in [9.17, 15) is 13.2 Å². The highest BCUT2D eigenvalue weighted by Gasteiger charge is 2.36. The van der Waals surface area contributed by atoms with Gasteiger partial charge in [0, 0.05) is 30.6 Å². The summed E-state index contributed by atoms with van der Waals surface area (Å²) >= 11 is 0. The van der Waals surface area contributed by atoms with Gasteiger partial charge in [0.25, 0.3) is 5.91 Å². The molecule has 2 atom stereocenters. The fourth-order valence-electron chi connectivity index (χ4n) is 4.20. The predicted octanol–water partition coefficient (Wildman–Crippen LogP) is 2.04. The Hall–Kier alpha value is -2.23. The zero-order valence-electron chi connectivity index (χ0n) is 17.6. The van der Waals surface area contributed by atoms with Crippen LogP contribution >= 0.6 is 0 Å². The van der Waals surface area contributed by atoms with Crippen LogP contribution in [0.4, 0.5) is 0 Å². The fourth-order valence-corrected chi connectivity index (χ4v) is 5.96. The number of nitrogens with two attached hydrogens (primary N) is 1. The van der Waals surface area contributed by atoms with E-state index in [1.165, 1.54) is 0 Å². The maximum atomic E-state index is 12.9. The van der Waals surface area contributed by atoms with Gasteiger partial charge in [0.05, 0.1) is 5.75 Å². The summed E-state index contributed by atoms with van der Waals surface area (Å²) in [7, 11) is -3.40. The number of hydrogen-bond acceptors (Lipinski definition) is 6. The van der Waals surface area contributed by atoms with Gasteiger partial charge >= 0.3 is 0 Å². The van der Waals surface area contributed by atoms with Gasteiger partial charge in [-0.3, -0.25) is 4.79 Å². The van der Waals surface area contributed by atoms with Crippen LogP contribution in [0.3, 0.4) is 0 Å². The van der Waals surface area contributed by atoms with Crippen molar-refractivity contribution in [2.45, 2.75) is 56.5 Å². The highest BCUT2D eigenvalue weighted by Crippen LogP contribution is 2.40. The Bertz CT molecular complexity index is 988. The van der Waals surface area contributed by atoms with E-state index < -0.39 is 10.0 Å². The lowest BCUT2D eigenvalue weighted by Gasteiger charge is -2.39. The van der Waals surface area contributed by atoms with E-state index in [0.29, 0.717) is 50.4 Å². The van der Waals surface area contributed by atoms with Gasteiger partial charge < -0.3 is 15.6 Å². The largest absolute Gasteiger partial charge is 0.360 e. The monoisotopic (exact) mass is 446 g/mol. The minimum atomic E-state index is -3.40. The average molecular weight is 447 g/mol. The SMILES string of the molecule is NCCCS(=O)(=O)N1CC[C@H](NC(=O)c2cc(C3CC3)on2)C[C@@H]1Cc1ccccc1. The number of nitrogens with one attached hydrogen (secondary N) is 1. The Morgan fingerprint density at radius 3 is 2.71 bits per heavy atom. The molecule has 8 nitrogen and oxygen atoms in total. The summed E-state index contributed by atoms with van der Waals surface area (Å²) in [5.74, 6) is 0.951. The highest BCUT2D eigenvalue weighted by atomic mass is 32.2. The van der Waals surface area contributed by atoms with Crippen molar-refractivity contribution in [3.8, 4) is 0 Å². The lowest BCUT2D eigenvalue weighted by atomic mass is 9.94. The van der Waals surface area contributed by atoms with Gasteiger partial charge in [0.1, 0.15) is 5.76 Å². The van der Waals surface area contributed by atoms with Crippen LogP contribution in [0.5, 0.6) is 0 Å². The van der Waals surface area contributed by atoms with E-state index in [0.717, 1.165) is 24.2 Å². The van der Waals surface area contributed by atoms with Crippen LogP contribution in [0.2, 0.25) is 0 Å². The topological polar surface area (TPSA) is 119 Å². The molecule has 2 aliphatic rings. The molecule has 3 N–H and O–H groups in total. The summed E-state index contributed by atoms with van der Waals surface area (Å²) in [5, 5.41) is 6.95. The van der Waals surface area contributed by atoms with Crippen molar-refractivity contribution in [3.63, 3.8) is 0 Å². The molecule has 1 saturated heterocycles. The highest BCUT2D eigenvalue weighted by molar-refractivity contribution is 7.89. The molecule has 1 aliphatic heterocycles. The van der Waals surface area contributed by atoms with Gasteiger partial charge in [-0.2, -0.15) is 4.31 Å². The third kappa shape index (κ3) is 5.53. The van der Waals surface area contributed by atoms with E-state index in [1.54, 1.807) is 10.4 Å². The van der Waals surface area contributed by atoms with Crippen molar-refractivity contribution < 1.29 is 17.7 Å². The number of aromatic nitrogens is 1. The molecule has 0 radical (unpaired) electrons. The van der Waals surface area contributed by atoms with Crippen LogP contribution in [-0.2, 0) is 16.4 Å². The summed E-state index contributed by atoms with van der Waals surface area (Å²) in [4.78, 5) is 12.7. The molecule has 9 heteroatoms. The van der Waals surface area contributed by atoms with Crippen molar-refractivity contribution >= 4 is 15.9 Å². The second kappa shape index (κ2) is 9.50. The van der Waals surface area contributed by atoms with Crippen molar-refractivity contribution in [1.29, 1.82) is 0 Å². The number of nitrogens with zero attached hydrogens (tertiary/aromatic N) is 2. The number of rotatable bonds is 9. The maximum absolute atomic E-state index is 12.9. The molecule has 2 aromatic rings. The Morgan fingerprint density at radius 1 is 1.23 bits per heavy atom. The molecule has 2 fully saturated rings. The van der Waals surface area contributed by atoms with Crippen molar-refractivity contribution in [1.82, 2.24) is 14.8 Å². The lowest BCUT2D eigenvalue weighted by molar-refractivity contribution is 0.0902. The number of amides is 1. The lowest BCUT2D eigenvalue weighted by Crippen LogP contribution is -2.53. The quantitative estimate of drug-likeness (QED) is 0.608. The number of piperidine rings is 1. The molecule has 4 rings (SSSR count). The Labute approximate surface area is 183 Å². The zero-order valence-corrected chi connectivity index (χ0v) is 18.4. The molecule has 1 aromatic heterocycles. The second-order valence-electron chi connectivity index (χ2n) is 8.50. The zero-order chi connectivity index (χ0) is 21.8. The minimum Gasteiger partial charge on any atom is -0.360 e. The fraction of sp³-hybridized carbons (Fsp3) is 0.545. The van der Waals surface area contributed by atoms with Gasteiger partial charge in [-0.05, 0) is 50.6 Å². The minimum absolute atomic E-state index is 0.0503. The van der Waals surface area contributed by atoms with E-state index in [1.807, 2.05) is 30.3 Å². The number of sulfonamides is 1. The molecule has 1 aromatic carbocycles. The first-order valence-corrected chi connectivity index (χ1v) is 12.6. The number of hydrogen-bond donors (Lipinski definition) is 2. The van der Waals surface area contributed by atoms with E-state index in [2.05, 4.69) is 10.5 Å². The summed E-state index contributed by atoms with van der Waals surface area (Å²) in [6, 6.07) is 11.2. The van der Waals surface area contributed by atoms with Crippen molar-refractivity contribution in [2.75, 3.05) is 18.8 Å². The average Bonchev–Trinajstić information content (AvgIpc) is 3.49. The van der Waals surface area contributed by atoms with Gasteiger partial charge in [-0.1, -0.05) is 35.5 Å². The van der Waals surface area contributed by atoms with Gasteiger partial charge in [0.15, 0.2) is 5.69 Å². The molecule has 0 unspecified atom stereocenters. The number of benzene rings is 1. The first kappa shape index (κ1) is 22.0. The van der Waals surface area contributed by atoms with Crippen LogP contribution in [-0.4, -0.2) is 54.7 Å². The third-order valence-corrected chi connectivity index (χ3v) is 8.02. The summed E-state index contributed by atoms with van der Waals surface area (Å²) < 4.78 is 32.8. The van der Waals surface area contributed by atoms with Crippen LogP contribution < -0.4 is 11.1 Å². The molecule has 1 saturated carbocycles. The van der Waals surface area contributed by atoms with Crippen LogP contribution in [0.15, 0.2) is 40.9 Å². The van der Waals surface area contributed by atoms with E-state index >= 15 is 0 Å². The Kier molecular flexibility index (Phi) is 6.74. The third-order valence-electron chi connectivity index (χ3n) is 6.02. The molecule has 1 amide bonds. The molecule has 2 heterocycles. The molecular formula is C22H30N4O4S. The first-order chi connectivity index (χ1) is 15.0. The summed E-state index contributed by atoms with van der Waals surface area (Å²) in [6.45, 7) is 0.719. The smallest absolute Gasteiger partial charge is 0.273 e. The van der Waals surface area contributed by atoms with Gasteiger partial charge in [0.2, 0.25) is 10.0 Å². The summed E-state index contributed by atoms with van der Waals surface area (Å²) in [5.41, 5.74) is 6.90. The van der Waals surface area contributed by atoms with Gasteiger partial charge in [-0.25, -0.2) is 8.42 Å². The Morgan fingerprint density at radius 2 is 2.00 bits per heavy atom.